The normalized spacial score (nSPS) is 52.2. The van der Waals surface area contributed by atoms with Gasteiger partial charge in [-0.05, 0) is 66.1 Å². The van der Waals surface area contributed by atoms with Crippen molar-refractivity contribution in [1.82, 2.24) is 0 Å². The smallest absolute Gasteiger partial charge is 0.0235 e. The third kappa shape index (κ3) is 1.87. The topological polar surface area (TPSA) is 0 Å². The van der Waals surface area contributed by atoms with E-state index in [1.165, 1.54) is 19.3 Å². The van der Waals surface area contributed by atoms with E-state index < -0.39 is 0 Å². The van der Waals surface area contributed by atoms with Crippen molar-refractivity contribution < 1.29 is 0 Å². The highest BCUT2D eigenvalue weighted by atomic mass is 14.8. The first-order chi connectivity index (χ1) is 7.96. The molecule has 98 valence electrons. The van der Waals surface area contributed by atoms with Gasteiger partial charge in [0.2, 0.25) is 0 Å². The van der Waals surface area contributed by atoms with E-state index in [-0.39, 0.29) is 0 Å². The minimum atomic E-state index is 0.763. The molecule has 17 heavy (non-hydrogen) atoms. The molecule has 0 spiro atoms. The summed E-state index contributed by atoms with van der Waals surface area (Å²) < 4.78 is 0. The molecule has 0 radical (unpaired) electrons. The van der Waals surface area contributed by atoms with Gasteiger partial charge >= 0.3 is 0 Å². The molecule has 3 rings (SSSR count). The Hall–Kier alpha value is 0. The van der Waals surface area contributed by atoms with Crippen LogP contribution in [0.4, 0.5) is 0 Å². The summed E-state index contributed by atoms with van der Waals surface area (Å²) in [5.74, 6) is 7.47. The van der Waals surface area contributed by atoms with Crippen LogP contribution in [0.5, 0.6) is 0 Å². The fourth-order valence-corrected chi connectivity index (χ4v) is 4.75. The summed E-state index contributed by atoms with van der Waals surface area (Å²) in [6.07, 6.45) is 6.09. The van der Waals surface area contributed by atoms with Gasteiger partial charge in [-0.1, -0.05) is 41.0 Å². The summed E-state index contributed by atoms with van der Waals surface area (Å²) in [6.45, 7) is 12.3. The van der Waals surface area contributed by atoms with Gasteiger partial charge in [0.05, 0.1) is 0 Å². The fourth-order valence-electron chi connectivity index (χ4n) is 4.75. The lowest BCUT2D eigenvalue weighted by atomic mass is 9.78. The van der Waals surface area contributed by atoms with Crippen LogP contribution >= 0.6 is 0 Å². The summed E-state index contributed by atoms with van der Waals surface area (Å²) in [5, 5.41) is 0. The Kier molecular flexibility index (Phi) is 2.66. The van der Waals surface area contributed by atoms with Crippen LogP contribution in [-0.4, -0.2) is 0 Å². The van der Waals surface area contributed by atoms with Gasteiger partial charge in [-0.25, -0.2) is 0 Å². The van der Waals surface area contributed by atoms with Crippen LogP contribution in [-0.2, 0) is 0 Å². The predicted molar refractivity (Wildman–Crippen MR) is 73.7 cm³/mol. The highest BCUT2D eigenvalue weighted by molar-refractivity contribution is 5.27. The van der Waals surface area contributed by atoms with E-state index >= 15 is 0 Å². The summed E-state index contributed by atoms with van der Waals surface area (Å²) >= 11 is 0. The molecule has 0 aromatic rings. The Morgan fingerprint density at radius 2 is 1.76 bits per heavy atom. The van der Waals surface area contributed by atoms with Crippen molar-refractivity contribution in [1.29, 1.82) is 0 Å². The van der Waals surface area contributed by atoms with Crippen LogP contribution in [0.25, 0.3) is 0 Å². The summed E-state index contributed by atoms with van der Waals surface area (Å²) in [4.78, 5) is 0. The summed E-state index contributed by atoms with van der Waals surface area (Å²) in [5.41, 5.74) is 0.763. The summed E-state index contributed by atoms with van der Waals surface area (Å²) in [6, 6.07) is 0. The van der Waals surface area contributed by atoms with Crippen molar-refractivity contribution in [2.75, 3.05) is 0 Å². The monoisotopic (exact) mass is 234 g/mol. The molecule has 5 atom stereocenters. The van der Waals surface area contributed by atoms with E-state index in [2.05, 4.69) is 34.6 Å². The maximum Gasteiger partial charge on any atom is -0.0235 e. The van der Waals surface area contributed by atoms with Gasteiger partial charge in [0.25, 0.3) is 0 Å². The average Bonchev–Trinajstić information content (AvgIpc) is 3.14. The minimum Gasteiger partial charge on any atom is -0.0625 e. The van der Waals surface area contributed by atoms with Crippen LogP contribution in [0.2, 0.25) is 0 Å². The molecule has 0 aliphatic heterocycles. The Balaban J connectivity index is 1.33. The lowest BCUT2D eigenvalue weighted by molar-refractivity contribution is 0.221. The van der Waals surface area contributed by atoms with E-state index in [0.717, 1.165) is 46.8 Å². The van der Waals surface area contributed by atoms with Crippen LogP contribution in [0.3, 0.4) is 0 Å². The second-order valence-electron chi connectivity index (χ2n) is 8.13. The molecule has 5 unspecified atom stereocenters. The van der Waals surface area contributed by atoms with Gasteiger partial charge in [-0.3, -0.25) is 0 Å². The zero-order chi connectivity index (χ0) is 12.4. The number of hydrogen-bond donors (Lipinski definition) is 0. The Morgan fingerprint density at radius 1 is 1.18 bits per heavy atom. The van der Waals surface area contributed by atoms with E-state index in [1.54, 1.807) is 6.42 Å². The highest BCUT2D eigenvalue weighted by Crippen LogP contribution is 2.84. The molecule has 0 heteroatoms. The highest BCUT2D eigenvalue weighted by Gasteiger charge is 2.80. The van der Waals surface area contributed by atoms with Gasteiger partial charge < -0.3 is 0 Å². The predicted octanol–water partition coefficient (Wildman–Crippen LogP) is 4.99. The summed E-state index contributed by atoms with van der Waals surface area (Å²) in [7, 11) is 0. The minimum absolute atomic E-state index is 0.763. The van der Waals surface area contributed by atoms with Gasteiger partial charge in [0.15, 0.2) is 0 Å². The molecule has 3 aliphatic carbocycles. The van der Waals surface area contributed by atoms with E-state index in [4.69, 9.17) is 0 Å². The van der Waals surface area contributed by atoms with Crippen molar-refractivity contribution in [2.45, 2.75) is 60.3 Å². The fraction of sp³-hybridized carbons (Fsp3) is 1.00. The molecule has 0 heterocycles. The molecule has 0 amide bonds. The molecule has 0 saturated heterocycles. The van der Waals surface area contributed by atoms with Crippen LogP contribution in [0.15, 0.2) is 0 Å². The van der Waals surface area contributed by atoms with Crippen LogP contribution in [0, 0.1) is 46.8 Å². The standard InChI is InChI=1S/C17H30/c1-10(2)17(5)15-14(16(15)17)7-6-11(3)8-13-9-12(13)4/h10-16H,6-9H2,1-5H3. The molecule has 0 aromatic carbocycles. The Morgan fingerprint density at radius 3 is 2.24 bits per heavy atom. The van der Waals surface area contributed by atoms with Crippen molar-refractivity contribution in [3.8, 4) is 0 Å². The van der Waals surface area contributed by atoms with E-state index in [1.807, 2.05) is 0 Å². The first kappa shape index (κ1) is 12.1. The lowest BCUT2D eigenvalue weighted by Gasteiger charge is -2.26. The molecule has 0 aromatic heterocycles. The molecule has 3 fully saturated rings. The second kappa shape index (κ2) is 3.75. The zero-order valence-electron chi connectivity index (χ0n) is 12.4. The maximum absolute atomic E-state index is 2.53. The first-order valence-electron chi connectivity index (χ1n) is 7.96. The molecular weight excluding hydrogens is 204 g/mol. The van der Waals surface area contributed by atoms with E-state index in [0.29, 0.717) is 0 Å². The molecule has 3 saturated carbocycles. The molecular formula is C17H30. The third-order valence-corrected chi connectivity index (χ3v) is 6.71. The zero-order valence-corrected chi connectivity index (χ0v) is 12.4. The molecule has 0 bridgehead atoms. The largest absolute Gasteiger partial charge is 0.0625 e. The second-order valence-corrected chi connectivity index (χ2v) is 8.13. The van der Waals surface area contributed by atoms with Crippen LogP contribution < -0.4 is 0 Å². The molecule has 0 N–H and O–H groups in total. The van der Waals surface area contributed by atoms with Gasteiger partial charge in [0, 0.05) is 0 Å². The van der Waals surface area contributed by atoms with Crippen molar-refractivity contribution in [3.05, 3.63) is 0 Å². The lowest BCUT2D eigenvalue weighted by Crippen LogP contribution is -2.20. The Bertz CT molecular complexity index is 293. The quantitative estimate of drug-likeness (QED) is 0.607. The number of rotatable bonds is 6. The van der Waals surface area contributed by atoms with Gasteiger partial charge in [0.1, 0.15) is 0 Å². The van der Waals surface area contributed by atoms with Crippen LogP contribution in [0.1, 0.15) is 60.3 Å². The van der Waals surface area contributed by atoms with Gasteiger partial charge in [-0.15, -0.1) is 0 Å². The Labute approximate surface area is 108 Å². The van der Waals surface area contributed by atoms with Gasteiger partial charge in [-0.2, -0.15) is 0 Å². The van der Waals surface area contributed by atoms with E-state index in [9.17, 15) is 0 Å². The average molecular weight is 234 g/mol. The third-order valence-electron chi connectivity index (χ3n) is 6.71. The number of hydrogen-bond acceptors (Lipinski definition) is 0. The SMILES string of the molecule is CC(CCC1C2C1C2(C)C(C)C)CC1CC1C. The molecule has 3 aliphatic rings. The number of fused-ring (bicyclic) bond motifs is 1. The first-order valence-corrected chi connectivity index (χ1v) is 7.96. The maximum atomic E-state index is 2.53. The molecule has 0 nitrogen and oxygen atoms in total. The van der Waals surface area contributed by atoms with Crippen molar-refractivity contribution in [3.63, 3.8) is 0 Å². The van der Waals surface area contributed by atoms with Crippen molar-refractivity contribution >= 4 is 0 Å². The van der Waals surface area contributed by atoms with Crippen molar-refractivity contribution in [2.24, 2.45) is 46.8 Å².